The summed E-state index contributed by atoms with van der Waals surface area (Å²) in [6.07, 6.45) is 3.05. The molecule has 1 saturated carbocycles. The minimum absolute atomic E-state index is 0.168. The first kappa shape index (κ1) is 11.8. The first-order valence-corrected chi connectivity index (χ1v) is 5.97. The van der Waals surface area contributed by atoms with Crippen LogP contribution in [0.25, 0.3) is 0 Å². The summed E-state index contributed by atoms with van der Waals surface area (Å²) in [5.74, 6) is -0.0450. The van der Waals surface area contributed by atoms with E-state index in [0.29, 0.717) is 31.0 Å². The number of rotatable bonds is 4. The van der Waals surface area contributed by atoms with Crippen molar-refractivity contribution >= 4 is 11.8 Å². The minimum Gasteiger partial charge on any atom is -0.481 e. The molecule has 1 aliphatic rings. The monoisotopic (exact) mass is 232 g/mol. The van der Waals surface area contributed by atoms with Crippen LogP contribution in [0.5, 0.6) is 0 Å². The lowest BCUT2D eigenvalue weighted by Crippen LogP contribution is -1.98. The summed E-state index contributed by atoms with van der Waals surface area (Å²) in [6.45, 7) is 0. The largest absolute Gasteiger partial charge is 0.481 e. The van der Waals surface area contributed by atoms with Crippen LogP contribution < -0.4 is 0 Å². The van der Waals surface area contributed by atoms with Gasteiger partial charge in [0.15, 0.2) is 0 Å². The quantitative estimate of drug-likeness (QED) is 0.867. The molecule has 0 aromatic heterocycles. The molecule has 2 rings (SSSR count). The van der Waals surface area contributed by atoms with Gasteiger partial charge in [-0.3, -0.25) is 9.59 Å². The molecule has 1 aromatic carbocycles. The van der Waals surface area contributed by atoms with Crippen LogP contribution in [0, 0.1) is 0 Å². The Hall–Kier alpha value is -1.64. The van der Waals surface area contributed by atoms with Gasteiger partial charge in [0, 0.05) is 19.3 Å². The number of aryl methyl sites for hydroxylation is 1. The normalized spacial score (nSPS) is 19.5. The zero-order chi connectivity index (χ0) is 12.3. The standard InChI is InChI=1S/C14H16O3/c15-13-7-6-12(9-13)11-4-1-10(2-5-11)3-8-14(16)17/h1-2,4-5,12H,3,6-9H2,(H,16,17)/t12-/m0/s1. The Morgan fingerprint density at radius 2 is 2.00 bits per heavy atom. The second kappa shape index (κ2) is 5.13. The number of hydrogen-bond donors (Lipinski definition) is 1. The molecule has 0 radical (unpaired) electrons. The maximum atomic E-state index is 11.2. The molecule has 3 heteroatoms. The lowest BCUT2D eigenvalue weighted by molar-refractivity contribution is -0.137. The number of Topliss-reactive ketones (excluding diaryl/α,β-unsaturated/α-hetero) is 1. The molecule has 0 unspecified atom stereocenters. The molecule has 1 aromatic rings. The van der Waals surface area contributed by atoms with E-state index in [1.54, 1.807) is 0 Å². The molecule has 1 fully saturated rings. The summed E-state index contributed by atoms with van der Waals surface area (Å²) in [5, 5.41) is 8.59. The van der Waals surface area contributed by atoms with Gasteiger partial charge in [0.25, 0.3) is 0 Å². The summed E-state index contributed by atoms with van der Waals surface area (Å²) < 4.78 is 0. The van der Waals surface area contributed by atoms with E-state index in [4.69, 9.17) is 5.11 Å². The number of carboxylic acid groups (broad SMARTS) is 1. The number of ketones is 1. The van der Waals surface area contributed by atoms with Gasteiger partial charge in [0.2, 0.25) is 0 Å². The SMILES string of the molecule is O=C(O)CCc1ccc([C@H]2CCC(=O)C2)cc1. The Bertz CT molecular complexity index is 420. The summed E-state index contributed by atoms with van der Waals surface area (Å²) in [6, 6.07) is 8.00. The Kier molecular flexibility index (Phi) is 3.57. The lowest BCUT2D eigenvalue weighted by Gasteiger charge is -2.09. The number of aliphatic carboxylic acids is 1. The van der Waals surface area contributed by atoms with Gasteiger partial charge in [0.05, 0.1) is 0 Å². The van der Waals surface area contributed by atoms with Gasteiger partial charge in [-0.2, -0.15) is 0 Å². The molecular weight excluding hydrogens is 216 g/mol. The van der Waals surface area contributed by atoms with Crippen molar-refractivity contribution in [1.29, 1.82) is 0 Å². The first-order valence-electron chi connectivity index (χ1n) is 5.97. The van der Waals surface area contributed by atoms with Gasteiger partial charge in [0.1, 0.15) is 5.78 Å². The van der Waals surface area contributed by atoms with Crippen molar-refractivity contribution in [2.24, 2.45) is 0 Å². The number of carbonyl (C=O) groups is 2. The fraction of sp³-hybridized carbons (Fsp3) is 0.429. The van der Waals surface area contributed by atoms with Crippen LogP contribution in [0.4, 0.5) is 0 Å². The molecular formula is C14H16O3. The van der Waals surface area contributed by atoms with Crippen LogP contribution in [0.3, 0.4) is 0 Å². The van der Waals surface area contributed by atoms with Gasteiger partial charge in [-0.15, -0.1) is 0 Å². The molecule has 1 atom stereocenters. The van der Waals surface area contributed by atoms with Gasteiger partial charge in [-0.1, -0.05) is 24.3 Å². The lowest BCUT2D eigenvalue weighted by atomic mass is 9.96. The van der Waals surface area contributed by atoms with Crippen molar-refractivity contribution < 1.29 is 14.7 Å². The van der Waals surface area contributed by atoms with Crippen molar-refractivity contribution in [3.05, 3.63) is 35.4 Å². The van der Waals surface area contributed by atoms with E-state index in [1.165, 1.54) is 5.56 Å². The molecule has 0 spiro atoms. The number of carbonyl (C=O) groups excluding carboxylic acids is 1. The predicted octanol–water partition coefficient (Wildman–Crippen LogP) is 2.54. The molecule has 0 heterocycles. The third kappa shape index (κ3) is 3.16. The Morgan fingerprint density at radius 3 is 2.53 bits per heavy atom. The fourth-order valence-corrected chi connectivity index (χ4v) is 2.31. The van der Waals surface area contributed by atoms with Crippen LogP contribution in [0.1, 0.15) is 42.7 Å². The average Bonchev–Trinajstić information content (AvgIpc) is 2.74. The van der Waals surface area contributed by atoms with Gasteiger partial charge < -0.3 is 5.11 Å². The zero-order valence-electron chi connectivity index (χ0n) is 9.69. The van der Waals surface area contributed by atoms with E-state index in [9.17, 15) is 9.59 Å². The van der Waals surface area contributed by atoms with Gasteiger partial charge >= 0.3 is 5.97 Å². The Labute approximate surface area is 100 Å². The molecule has 1 aliphatic carbocycles. The highest BCUT2D eigenvalue weighted by atomic mass is 16.4. The second-order valence-electron chi connectivity index (χ2n) is 4.61. The van der Waals surface area contributed by atoms with E-state index in [2.05, 4.69) is 0 Å². The topological polar surface area (TPSA) is 54.4 Å². The summed E-state index contributed by atoms with van der Waals surface area (Å²) in [7, 11) is 0. The third-order valence-corrected chi connectivity index (χ3v) is 3.32. The average molecular weight is 232 g/mol. The van der Waals surface area contributed by atoms with E-state index < -0.39 is 5.97 Å². The van der Waals surface area contributed by atoms with Gasteiger partial charge in [-0.25, -0.2) is 0 Å². The van der Waals surface area contributed by atoms with Crippen molar-refractivity contribution in [2.75, 3.05) is 0 Å². The van der Waals surface area contributed by atoms with Gasteiger partial charge in [-0.05, 0) is 29.9 Å². The Balaban J connectivity index is 1.98. The van der Waals surface area contributed by atoms with Crippen molar-refractivity contribution in [2.45, 2.75) is 38.0 Å². The van der Waals surface area contributed by atoms with Crippen LogP contribution in [-0.4, -0.2) is 16.9 Å². The smallest absolute Gasteiger partial charge is 0.303 e. The van der Waals surface area contributed by atoms with Crippen molar-refractivity contribution in [1.82, 2.24) is 0 Å². The third-order valence-electron chi connectivity index (χ3n) is 3.32. The molecule has 0 amide bonds. The molecule has 90 valence electrons. The molecule has 0 saturated heterocycles. The van der Waals surface area contributed by atoms with Crippen LogP contribution in [0.2, 0.25) is 0 Å². The fourth-order valence-electron chi connectivity index (χ4n) is 2.31. The van der Waals surface area contributed by atoms with E-state index >= 15 is 0 Å². The molecule has 3 nitrogen and oxygen atoms in total. The molecule has 1 N–H and O–H groups in total. The highest BCUT2D eigenvalue weighted by Gasteiger charge is 2.23. The number of hydrogen-bond acceptors (Lipinski definition) is 2. The summed E-state index contributed by atoms with van der Waals surface area (Å²) >= 11 is 0. The van der Waals surface area contributed by atoms with Crippen LogP contribution >= 0.6 is 0 Å². The predicted molar refractivity (Wildman–Crippen MR) is 64.0 cm³/mol. The molecule has 17 heavy (non-hydrogen) atoms. The van der Waals surface area contributed by atoms with Crippen molar-refractivity contribution in [3.8, 4) is 0 Å². The second-order valence-corrected chi connectivity index (χ2v) is 4.61. The first-order chi connectivity index (χ1) is 8.15. The number of benzene rings is 1. The number of carboxylic acids is 1. The summed E-state index contributed by atoms with van der Waals surface area (Å²) in [5.41, 5.74) is 2.25. The van der Waals surface area contributed by atoms with Crippen LogP contribution in [-0.2, 0) is 16.0 Å². The zero-order valence-corrected chi connectivity index (χ0v) is 9.69. The van der Waals surface area contributed by atoms with E-state index in [0.717, 1.165) is 12.0 Å². The summed E-state index contributed by atoms with van der Waals surface area (Å²) in [4.78, 5) is 21.7. The highest BCUT2D eigenvalue weighted by molar-refractivity contribution is 5.81. The highest BCUT2D eigenvalue weighted by Crippen LogP contribution is 2.31. The minimum atomic E-state index is -0.768. The van der Waals surface area contributed by atoms with E-state index in [1.807, 2.05) is 24.3 Å². The Morgan fingerprint density at radius 1 is 1.29 bits per heavy atom. The maximum Gasteiger partial charge on any atom is 0.303 e. The maximum absolute atomic E-state index is 11.2. The molecule has 0 aliphatic heterocycles. The molecule has 0 bridgehead atoms. The van der Waals surface area contributed by atoms with E-state index in [-0.39, 0.29) is 6.42 Å². The van der Waals surface area contributed by atoms with Crippen LogP contribution in [0.15, 0.2) is 24.3 Å². The van der Waals surface area contributed by atoms with Crippen molar-refractivity contribution in [3.63, 3.8) is 0 Å².